The molecule has 3 fully saturated rings. The zero-order valence-corrected chi connectivity index (χ0v) is 25.6. The third kappa shape index (κ3) is 6.60. The SMILES string of the molecule is C=C[C@@H]1C[C@]1(NC(=O)C1CC2CN1C(=O)CNC(=O)OCCCCCc1ccc3ccnc(c3c1)O2)C(=O)NS(=O)(=O)C1CC1. The largest absolute Gasteiger partial charge is 0.472 e. The number of cyclic esters (lactones) is 1. The lowest BCUT2D eigenvalue weighted by molar-refractivity contribution is -0.139. The van der Waals surface area contributed by atoms with Crippen molar-refractivity contribution in [2.24, 2.45) is 5.92 Å². The van der Waals surface area contributed by atoms with Crippen LogP contribution in [0.15, 0.2) is 43.1 Å². The number of hydrogen-bond acceptors (Lipinski definition) is 9. The molecule has 4 atom stereocenters. The molecule has 4 aliphatic rings. The Morgan fingerprint density at radius 3 is 2.73 bits per heavy atom. The minimum Gasteiger partial charge on any atom is -0.472 e. The highest BCUT2D eigenvalue weighted by atomic mass is 32.2. The summed E-state index contributed by atoms with van der Waals surface area (Å²) in [6.45, 7) is 3.55. The van der Waals surface area contributed by atoms with E-state index in [-0.39, 0.29) is 26.0 Å². The average Bonchev–Trinajstić information content (AvgIpc) is 3.94. The van der Waals surface area contributed by atoms with Crippen LogP contribution in [0.4, 0.5) is 4.79 Å². The van der Waals surface area contributed by atoms with Crippen molar-refractivity contribution < 1.29 is 37.1 Å². The van der Waals surface area contributed by atoms with Gasteiger partial charge in [0.1, 0.15) is 24.2 Å². The third-order valence-corrected chi connectivity index (χ3v) is 10.8. The van der Waals surface area contributed by atoms with Crippen LogP contribution in [0.2, 0.25) is 0 Å². The third-order valence-electron chi connectivity index (χ3n) is 8.93. The molecule has 6 rings (SSSR count). The molecule has 45 heavy (non-hydrogen) atoms. The van der Waals surface area contributed by atoms with Crippen LogP contribution in [0.1, 0.15) is 50.5 Å². The summed E-state index contributed by atoms with van der Waals surface area (Å²) in [5, 5.41) is 6.33. The van der Waals surface area contributed by atoms with Crippen LogP contribution < -0.4 is 20.1 Å². The Balaban J connectivity index is 1.25. The first-order valence-electron chi connectivity index (χ1n) is 15.3. The number of benzene rings is 1. The van der Waals surface area contributed by atoms with Gasteiger partial charge in [-0.15, -0.1) is 6.58 Å². The van der Waals surface area contributed by atoms with E-state index < -0.39 is 69.2 Å². The van der Waals surface area contributed by atoms with Crippen LogP contribution in [-0.4, -0.2) is 84.7 Å². The predicted octanol–water partition coefficient (Wildman–Crippen LogP) is 1.71. The lowest BCUT2D eigenvalue weighted by atomic mass is 10.0. The van der Waals surface area contributed by atoms with E-state index in [0.29, 0.717) is 25.1 Å². The van der Waals surface area contributed by atoms with E-state index in [0.717, 1.165) is 35.6 Å². The number of amides is 4. The van der Waals surface area contributed by atoms with Crippen LogP contribution in [0, 0.1) is 5.92 Å². The summed E-state index contributed by atoms with van der Waals surface area (Å²) in [6.07, 6.45) is 6.22. The van der Waals surface area contributed by atoms with Gasteiger partial charge in [-0.05, 0) is 68.0 Å². The average molecular weight is 640 g/mol. The number of pyridine rings is 1. The molecule has 0 radical (unpaired) electrons. The van der Waals surface area contributed by atoms with Crippen molar-refractivity contribution in [2.75, 3.05) is 19.7 Å². The summed E-state index contributed by atoms with van der Waals surface area (Å²) in [5.41, 5.74) is -0.398. The molecule has 3 N–H and O–H groups in total. The van der Waals surface area contributed by atoms with Gasteiger partial charge in [-0.1, -0.05) is 18.2 Å². The lowest BCUT2D eigenvalue weighted by Gasteiger charge is -2.26. The Hall–Kier alpha value is -4.20. The number of carbonyl (C=O) groups is 4. The first kappa shape index (κ1) is 30.8. The smallest absolute Gasteiger partial charge is 0.407 e. The van der Waals surface area contributed by atoms with E-state index in [4.69, 9.17) is 9.47 Å². The van der Waals surface area contributed by atoms with E-state index in [1.165, 1.54) is 11.0 Å². The summed E-state index contributed by atoms with van der Waals surface area (Å²) in [5.74, 6) is -2.11. The molecule has 13 nitrogen and oxygen atoms in total. The number of alkyl carbamates (subject to hydrolysis) is 1. The molecule has 240 valence electrons. The van der Waals surface area contributed by atoms with Gasteiger partial charge < -0.3 is 25.0 Å². The maximum Gasteiger partial charge on any atom is 0.407 e. The fraction of sp³-hybridized carbons (Fsp3) is 0.516. The van der Waals surface area contributed by atoms with E-state index in [9.17, 15) is 27.6 Å². The fourth-order valence-electron chi connectivity index (χ4n) is 6.10. The van der Waals surface area contributed by atoms with Crippen LogP contribution in [0.5, 0.6) is 5.88 Å². The number of hydrogen-bond donors (Lipinski definition) is 3. The number of nitrogens with zero attached hydrogens (tertiary/aromatic N) is 2. The van der Waals surface area contributed by atoms with Crippen LogP contribution >= 0.6 is 0 Å². The summed E-state index contributed by atoms with van der Waals surface area (Å²) in [6, 6.07) is 6.92. The number of carbonyl (C=O) groups excluding carboxylic acids is 4. The molecule has 1 aromatic heterocycles. The summed E-state index contributed by atoms with van der Waals surface area (Å²) >= 11 is 0. The van der Waals surface area contributed by atoms with Crippen LogP contribution in [0.25, 0.3) is 10.8 Å². The van der Waals surface area contributed by atoms with Crippen molar-refractivity contribution >= 4 is 44.6 Å². The van der Waals surface area contributed by atoms with Gasteiger partial charge in [0.05, 0.1) is 18.4 Å². The molecule has 2 aromatic rings. The second-order valence-electron chi connectivity index (χ2n) is 12.2. The molecule has 2 unspecified atom stereocenters. The van der Waals surface area contributed by atoms with Crippen LogP contribution in [-0.2, 0) is 35.6 Å². The summed E-state index contributed by atoms with van der Waals surface area (Å²) in [4.78, 5) is 58.5. The Bertz CT molecular complexity index is 1640. The molecular weight excluding hydrogens is 602 g/mol. The van der Waals surface area contributed by atoms with Gasteiger partial charge in [0.2, 0.25) is 27.7 Å². The normalized spacial score (nSPS) is 27.4. The maximum absolute atomic E-state index is 13.8. The highest BCUT2D eigenvalue weighted by molar-refractivity contribution is 7.91. The minimum atomic E-state index is -3.85. The van der Waals surface area contributed by atoms with Crippen molar-refractivity contribution in [1.82, 2.24) is 25.2 Å². The zero-order chi connectivity index (χ0) is 31.8. The number of rotatable bonds is 6. The highest BCUT2D eigenvalue weighted by Crippen LogP contribution is 2.45. The molecule has 0 spiro atoms. The Kier molecular flexibility index (Phi) is 8.42. The minimum absolute atomic E-state index is 0.0194. The van der Waals surface area contributed by atoms with Gasteiger partial charge in [0, 0.05) is 23.9 Å². The molecule has 2 aliphatic heterocycles. The van der Waals surface area contributed by atoms with Gasteiger partial charge in [-0.25, -0.2) is 18.2 Å². The Morgan fingerprint density at radius 1 is 1.16 bits per heavy atom. The highest BCUT2D eigenvalue weighted by Gasteiger charge is 2.62. The lowest BCUT2D eigenvalue weighted by Crippen LogP contribution is -2.57. The number of sulfonamides is 1. The molecule has 4 bridgehead atoms. The van der Waals surface area contributed by atoms with Crippen molar-refractivity contribution in [3.05, 3.63) is 48.7 Å². The van der Waals surface area contributed by atoms with E-state index in [1.807, 2.05) is 18.2 Å². The second-order valence-corrected chi connectivity index (χ2v) is 14.2. The van der Waals surface area contributed by atoms with Gasteiger partial charge in [-0.3, -0.25) is 19.1 Å². The number of nitrogens with one attached hydrogen (secondary N) is 3. The Morgan fingerprint density at radius 2 is 1.98 bits per heavy atom. The molecule has 3 heterocycles. The molecular formula is C31H37N5O8S. The zero-order valence-electron chi connectivity index (χ0n) is 24.8. The monoisotopic (exact) mass is 639 g/mol. The number of fused-ring (bicyclic) bond motifs is 3. The summed E-state index contributed by atoms with van der Waals surface area (Å²) < 4.78 is 38.7. The predicted molar refractivity (Wildman–Crippen MR) is 162 cm³/mol. The molecule has 4 amide bonds. The number of aryl methyl sites for hydroxylation is 1. The number of aromatic nitrogens is 1. The van der Waals surface area contributed by atoms with Gasteiger partial charge in [0.25, 0.3) is 5.91 Å². The first-order chi connectivity index (χ1) is 21.6. The standard InChI is InChI=1S/C31H37N5O8S/c1-2-21-16-31(21,29(39)35-45(41,42)23-9-10-23)34-27(38)25-15-22-18-36(25)26(37)17-33-30(40)43-13-5-3-4-6-19-7-8-20-11-12-32-28(44-22)24(20)14-19/h2,7-8,11-12,14,21-23,25H,1,3-6,9-10,13,15-18H2,(H,33,40)(H,34,38)(H,35,39)/t21-,22?,25?,31-/m1/s1. The first-order valence-corrected chi connectivity index (χ1v) is 16.9. The maximum atomic E-state index is 13.8. The topological polar surface area (TPSA) is 173 Å². The van der Waals surface area contributed by atoms with Crippen molar-refractivity contribution in [3.63, 3.8) is 0 Å². The molecule has 2 saturated carbocycles. The summed E-state index contributed by atoms with van der Waals surface area (Å²) in [7, 11) is -3.85. The molecule has 1 aromatic carbocycles. The van der Waals surface area contributed by atoms with Gasteiger partial charge >= 0.3 is 6.09 Å². The van der Waals surface area contributed by atoms with Gasteiger partial charge in [0.15, 0.2) is 0 Å². The van der Waals surface area contributed by atoms with E-state index in [2.05, 4.69) is 33.0 Å². The van der Waals surface area contributed by atoms with Crippen molar-refractivity contribution in [2.45, 2.75) is 74.3 Å². The van der Waals surface area contributed by atoms with Crippen molar-refractivity contribution in [3.8, 4) is 5.88 Å². The van der Waals surface area contributed by atoms with E-state index >= 15 is 0 Å². The quantitative estimate of drug-likeness (QED) is 0.398. The molecule has 2 aliphatic carbocycles. The Labute approximate surface area is 261 Å². The molecule has 14 heteroatoms. The van der Waals surface area contributed by atoms with E-state index in [1.54, 1.807) is 6.20 Å². The number of ether oxygens (including phenoxy) is 2. The second kappa shape index (κ2) is 12.3. The molecule has 1 saturated heterocycles. The van der Waals surface area contributed by atoms with Crippen molar-refractivity contribution in [1.29, 1.82) is 0 Å². The fourth-order valence-corrected chi connectivity index (χ4v) is 7.46. The van der Waals surface area contributed by atoms with Gasteiger partial charge in [-0.2, -0.15) is 0 Å². The van der Waals surface area contributed by atoms with Crippen LogP contribution in [0.3, 0.4) is 0 Å².